The van der Waals surface area contributed by atoms with Crippen LogP contribution in [-0.2, 0) is 24.4 Å². The maximum absolute atomic E-state index is 13.6. The Balaban J connectivity index is 1.70. The molecule has 0 amide bonds. The maximum atomic E-state index is 13.6. The molecule has 1 aliphatic heterocycles. The first-order valence-corrected chi connectivity index (χ1v) is 14.5. The molecule has 0 spiro atoms. The van der Waals surface area contributed by atoms with Crippen molar-refractivity contribution in [2.24, 2.45) is 10.8 Å². The summed E-state index contributed by atoms with van der Waals surface area (Å²) in [5, 5.41) is 0.336. The second-order valence-electron chi connectivity index (χ2n) is 12.1. The van der Waals surface area contributed by atoms with Gasteiger partial charge in [0.2, 0.25) is 0 Å². The van der Waals surface area contributed by atoms with E-state index in [9.17, 15) is 18.0 Å². The van der Waals surface area contributed by atoms with E-state index in [1.165, 1.54) is 24.3 Å². The van der Waals surface area contributed by atoms with Crippen LogP contribution >= 0.6 is 11.6 Å². The van der Waals surface area contributed by atoms with Crippen LogP contribution < -0.4 is 4.18 Å². The highest BCUT2D eigenvalue weighted by molar-refractivity contribution is 7.87. The van der Waals surface area contributed by atoms with Crippen molar-refractivity contribution in [2.75, 3.05) is 0 Å². The van der Waals surface area contributed by atoms with Crippen LogP contribution in [0.15, 0.2) is 70.0 Å². The van der Waals surface area contributed by atoms with Crippen LogP contribution in [-0.4, -0.2) is 20.0 Å². The minimum Gasteiger partial charge on any atom is -0.465 e. The van der Waals surface area contributed by atoms with Crippen molar-refractivity contribution < 1.29 is 26.9 Å². The van der Waals surface area contributed by atoms with Crippen molar-refractivity contribution in [3.8, 4) is 5.75 Å². The highest BCUT2D eigenvalue weighted by Crippen LogP contribution is 2.54. The van der Waals surface area contributed by atoms with Gasteiger partial charge >= 0.3 is 10.1 Å². The Morgan fingerprint density at radius 3 is 1.89 bits per heavy atom. The number of benzene rings is 2. The van der Waals surface area contributed by atoms with Crippen LogP contribution in [0.4, 0.5) is 0 Å². The van der Waals surface area contributed by atoms with Crippen LogP contribution in [0.1, 0.15) is 70.4 Å². The minimum absolute atomic E-state index is 0.00164. The standard InChI is InChI=1S/C30H31ClO6S/c1-17-6-9-19(10-7-17)38(34,35)37-23-11-8-18(31)12-20(23)26-27-21(32)13-29(2,3)15-24(27)36-25-16-30(4,5)14-22(33)28(25)26/h6-12,26H,13-16H2,1-5H3. The van der Waals surface area contributed by atoms with Crippen molar-refractivity contribution in [2.45, 2.75) is 71.1 Å². The van der Waals surface area contributed by atoms with Gasteiger partial charge in [0.25, 0.3) is 0 Å². The molecule has 0 aromatic heterocycles. The molecule has 0 bridgehead atoms. The fourth-order valence-electron chi connectivity index (χ4n) is 5.68. The maximum Gasteiger partial charge on any atom is 0.339 e. The topological polar surface area (TPSA) is 86.7 Å². The van der Waals surface area contributed by atoms with E-state index in [-0.39, 0.29) is 45.9 Å². The van der Waals surface area contributed by atoms with Crippen molar-refractivity contribution in [3.63, 3.8) is 0 Å². The zero-order chi connectivity index (χ0) is 27.6. The molecule has 3 aliphatic rings. The van der Waals surface area contributed by atoms with E-state index in [1.807, 2.05) is 34.6 Å². The van der Waals surface area contributed by atoms with E-state index in [2.05, 4.69) is 0 Å². The van der Waals surface area contributed by atoms with Gasteiger partial charge in [-0.25, -0.2) is 0 Å². The smallest absolute Gasteiger partial charge is 0.339 e. The summed E-state index contributed by atoms with van der Waals surface area (Å²) in [6.07, 6.45) is 1.61. The Hall–Kier alpha value is -2.90. The molecule has 5 rings (SSSR count). The first-order valence-electron chi connectivity index (χ1n) is 12.7. The summed E-state index contributed by atoms with van der Waals surface area (Å²) in [5.41, 5.74) is 1.42. The zero-order valence-corrected chi connectivity index (χ0v) is 23.8. The second-order valence-corrected chi connectivity index (χ2v) is 14.1. The number of allylic oxidation sites excluding steroid dienone is 4. The number of carbonyl (C=O) groups excluding carboxylic acids is 2. The lowest BCUT2D eigenvalue weighted by Crippen LogP contribution is -2.37. The van der Waals surface area contributed by atoms with Crippen molar-refractivity contribution >= 4 is 33.3 Å². The summed E-state index contributed by atoms with van der Waals surface area (Å²) in [4.78, 5) is 27.2. The fourth-order valence-corrected chi connectivity index (χ4v) is 6.81. The first-order chi connectivity index (χ1) is 17.7. The van der Waals surface area contributed by atoms with Gasteiger partial charge in [-0.1, -0.05) is 57.0 Å². The third-order valence-corrected chi connectivity index (χ3v) is 8.86. The van der Waals surface area contributed by atoms with E-state index >= 15 is 0 Å². The van der Waals surface area contributed by atoms with Crippen LogP contribution in [0, 0.1) is 17.8 Å². The average molecular weight is 555 g/mol. The highest BCUT2D eigenvalue weighted by Gasteiger charge is 2.48. The third-order valence-electron chi connectivity index (χ3n) is 7.37. The van der Waals surface area contributed by atoms with E-state index in [4.69, 9.17) is 20.5 Å². The number of rotatable bonds is 4. The molecule has 6 nitrogen and oxygen atoms in total. The molecule has 2 aromatic carbocycles. The van der Waals surface area contributed by atoms with Crippen molar-refractivity contribution in [1.82, 2.24) is 0 Å². The second kappa shape index (κ2) is 9.09. The number of carbonyl (C=O) groups is 2. The molecule has 0 N–H and O–H groups in total. The molecular weight excluding hydrogens is 524 g/mol. The minimum atomic E-state index is -4.20. The number of ether oxygens (including phenoxy) is 1. The van der Waals surface area contributed by atoms with E-state index in [0.717, 1.165) is 5.56 Å². The largest absolute Gasteiger partial charge is 0.465 e. The van der Waals surface area contributed by atoms with E-state index in [1.54, 1.807) is 18.2 Å². The number of hydrogen-bond acceptors (Lipinski definition) is 6. The summed E-state index contributed by atoms with van der Waals surface area (Å²) >= 11 is 6.42. The van der Waals surface area contributed by atoms with E-state index in [0.29, 0.717) is 46.1 Å². The number of hydrogen-bond donors (Lipinski definition) is 0. The quantitative estimate of drug-likeness (QED) is 0.385. The molecular formula is C30H31ClO6S. The van der Waals surface area contributed by atoms with Gasteiger partial charge in [0.05, 0.1) is 5.92 Å². The lowest BCUT2D eigenvalue weighted by Gasteiger charge is -2.42. The van der Waals surface area contributed by atoms with Crippen LogP contribution in [0.25, 0.3) is 0 Å². The molecule has 0 unspecified atom stereocenters. The van der Waals surface area contributed by atoms with Crippen LogP contribution in [0.5, 0.6) is 5.75 Å². The van der Waals surface area contributed by atoms with Crippen molar-refractivity contribution in [3.05, 3.63) is 81.3 Å². The molecule has 0 radical (unpaired) electrons. The molecule has 2 aromatic rings. The Bertz CT molecular complexity index is 1470. The Morgan fingerprint density at radius 2 is 1.37 bits per heavy atom. The lowest BCUT2D eigenvalue weighted by atomic mass is 9.65. The van der Waals surface area contributed by atoms with Gasteiger partial charge in [-0.05, 0) is 48.1 Å². The van der Waals surface area contributed by atoms with Gasteiger partial charge in [-0.15, -0.1) is 0 Å². The van der Waals surface area contributed by atoms with Gasteiger partial charge in [0, 0.05) is 47.4 Å². The van der Waals surface area contributed by atoms with Gasteiger partial charge in [0.1, 0.15) is 22.2 Å². The average Bonchev–Trinajstić information content (AvgIpc) is 2.77. The first kappa shape index (κ1) is 26.7. The monoisotopic (exact) mass is 554 g/mol. The lowest BCUT2D eigenvalue weighted by molar-refractivity contribution is -0.120. The Labute approximate surface area is 228 Å². The molecule has 200 valence electrons. The fraction of sp³-hybridized carbons (Fsp3) is 0.400. The third kappa shape index (κ3) is 4.94. The molecule has 0 fully saturated rings. The van der Waals surface area contributed by atoms with Crippen LogP contribution in [0.3, 0.4) is 0 Å². The number of aryl methyl sites for hydroxylation is 1. The predicted octanol–water partition coefficient (Wildman–Crippen LogP) is 6.82. The number of Topliss-reactive ketones (excluding diaryl/α,β-unsaturated/α-hetero) is 2. The summed E-state index contributed by atoms with van der Waals surface area (Å²) in [6.45, 7) is 9.90. The van der Waals surface area contributed by atoms with Crippen molar-refractivity contribution in [1.29, 1.82) is 0 Å². The summed E-state index contributed by atoms with van der Waals surface area (Å²) in [5.74, 6) is 0.00912. The molecule has 1 heterocycles. The summed E-state index contributed by atoms with van der Waals surface area (Å²) < 4.78 is 38.5. The Morgan fingerprint density at radius 1 is 0.842 bits per heavy atom. The molecule has 38 heavy (non-hydrogen) atoms. The predicted molar refractivity (Wildman–Crippen MR) is 144 cm³/mol. The van der Waals surface area contributed by atoms with Gasteiger partial charge in [-0.3, -0.25) is 9.59 Å². The highest BCUT2D eigenvalue weighted by atomic mass is 35.5. The Kier molecular flexibility index (Phi) is 6.39. The molecule has 0 atom stereocenters. The summed E-state index contributed by atoms with van der Waals surface area (Å²) in [6, 6.07) is 10.9. The molecule has 2 aliphatic carbocycles. The molecule has 8 heteroatoms. The SMILES string of the molecule is Cc1ccc(S(=O)(=O)Oc2ccc(Cl)cc2C2C3=C(CC(C)(C)CC3=O)OC3=C2C(=O)CC(C)(C)C3)cc1. The van der Waals surface area contributed by atoms with Gasteiger partial charge in [0.15, 0.2) is 11.6 Å². The normalized spacial score (nSPS) is 21.1. The number of ketones is 2. The zero-order valence-electron chi connectivity index (χ0n) is 22.2. The van der Waals surface area contributed by atoms with Crippen LogP contribution in [0.2, 0.25) is 5.02 Å². The van der Waals surface area contributed by atoms with E-state index < -0.39 is 16.0 Å². The molecule has 0 saturated carbocycles. The van der Waals surface area contributed by atoms with Gasteiger partial charge in [-0.2, -0.15) is 8.42 Å². The van der Waals surface area contributed by atoms with Gasteiger partial charge < -0.3 is 8.92 Å². The summed E-state index contributed by atoms with van der Waals surface area (Å²) in [7, 11) is -4.20. The number of halogens is 1. The molecule has 0 saturated heterocycles.